The molecule has 2 nitrogen and oxygen atoms in total. The van der Waals surface area contributed by atoms with Gasteiger partial charge >= 0.3 is 6.18 Å². The highest BCUT2D eigenvalue weighted by molar-refractivity contribution is 7.99. The number of hydrogen-bond acceptors (Lipinski definition) is 3. The topological polar surface area (TPSA) is 25.8 Å². The standard InChI is InChI=1S/C11H6ClF3N2S/c12-9-5-10(17-6-16-9)18-8-3-1-2-7(4-8)11(13,14)15/h1-6H. The highest BCUT2D eigenvalue weighted by Crippen LogP contribution is 2.33. The Morgan fingerprint density at radius 3 is 2.56 bits per heavy atom. The van der Waals surface area contributed by atoms with Crippen molar-refractivity contribution in [1.29, 1.82) is 0 Å². The Labute approximate surface area is 110 Å². The van der Waals surface area contributed by atoms with E-state index in [0.29, 0.717) is 9.92 Å². The van der Waals surface area contributed by atoms with E-state index in [1.54, 1.807) is 6.07 Å². The molecule has 0 fully saturated rings. The molecule has 1 aromatic carbocycles. The normalized spacial score (nSPS) is 11.6. The molecule has 2 rings (SSSR count). The smallest absolute Gasteiger partial charge is 0.230 e. The zero-order valence-corrected chi connectivity index (χ0v) is 10.4. The van der Waals surface area contributed by atoms with E-state index in [0.717, 1.165) is 23.9 Å². The molecule has 0 bridgehead atoms. The third-order valence-corrected chi connectivity index (χ3v) is 3.12. The largest absolute Gasteiger partial charge is 0.416 e. The molecule has 0 amide bonds. The van der Waals surface area contributed by atoms with Crippen LogP contribution in [0.4, 0.5) is 13.2 Å². The van der Waals surface area contributed by atoms with E-state index >= 15 is 0 Å². The monoisotopic (exact) mass is 290 g/mol. The van der Waals surface area contributed by atoms with E-state index in [4.69, 9.17) is 11.6 Å². The fraction of sp³-hybridized carbons (Fsp3) is 0.0909. The van der Waals surface area contributed by atoms with Crippen molar-refractivity contribution in [2.24, 2.45) is 0 Å². The highest BCUT2D eigenvalue weighted by Gasteiger charge is 2.30. The molecular formula is C11H6ClF3N2S. The number of aromatic nitrogens is 2. The quantitative estimate of drug-likeness (QED) is 0.771. The van der Waals surface area contributed by atoms with Crippen LogP contribution in [-0.4, -0.2) is 9.97 Å². The number of benzene rings is 1. The van der Waals surface area contributed by atoms with Gasteiger partial charge in [-0.1, -0.05) is 29.4 Å². The second-order valence-corrected chi connectivity index (χ2v) is 4.79. The fourth-order valence-corrected chi connectivity index (χ4v) is 2.29. The Morgan fingerprint density at radius 1 is 1.11 bits per heavy atom. The Bertz CT molecular complexity index is 560. The van der Waals surface area contributed by atoms with Gasteiger partial charge in [0.25, 0.3) is 0 Å². The van der Waals surface area contributed by atoms with E-state index in [1.807, 2.05) is 0 Å². The maximum atomic E-state index is 12.5. The van der Waals surface area contributed by atoms with Gasteiger partial charge < -0.3 is 0 Å². The van der Waals surface area contributed by atoms with Crippen LogP contribution >= 0.6 is 23.4 Å². The molecular weight excluding hydrogens is 285 g/mol. The predicted octanol–water partition coefficient (Wildman–Crippen LogP) is 4.30. The highest BCUT2D eigenvalue weighted by atomic mass is 35.5. The third kappa shape index (κ3) is 3.36. The van der Waals surface area contributed by atoms with Crippen LogP contribution in [0.3, 0.4) is 0 Å². The second-order valence-electron chi connectivity index (χ2n) is 3.31. The first-order valence-electron chi connectivity index (χ1n) is 4.78. The predicted molar refractivity (Wildman–Crippen MR) is 62.6 cm³/mol. The van der Waals surface area contributed by atoms with E-state index in [9.17, 15) is 13.2 Å². The SMILES string of the molecule is FC(F)(F)c1cccc(Sc2cc(Cl)ncn2)c1. The summed E-state index contributed by atoms with van der Waals surface area (Å²) in [6.07, 6.45) is -3.09. The van der Waals surface area contributed by atoms with Crippen molar-refractivity contribution in [3.8, 4) is 0 Å². The third-order valence-electron chi connectivity index (χ3n) is 1.99. The average molecular weight is 291 g/mol. The van der Waals surface area contributed by atoms with Crippen molar-refractivity contribution in [2.75, 3.05) is 0 Å². The molecule has 0 saturated carbocycles. The molecule has 0 saturated heterocycles. The molecule has 1 heterocycles. The first kappa shape index (κ1) is 13.2. The zero-order valence-electron chi connectivity index (χ0n) is 8.78. The molecule has 18 heavy (non-hydrogen) atoms. The number of halogens is 4. The lowest BCUT2D eigenvalue weighted by Gasteiger charge is -2.08. The van der Waals surface area contributed by atoms with Crippen LogP contribution in [0.5, 0.6) is 0 Å². The fourth-order valence-electron chi connectivity index (χ4n) is 1.23. The molecule has 94 valence electrons. The van der Waals surface area contributed by atoms with Crippen LogP contribution in [0.15, 0.2) is 46.6 Å². The summed E-state index contributed by atoms with van der Waals surface area (Å²) < 4.78 is 37.5. The lowest BCUT2D eigenvalue weighted by molar-refractivity contribution is -0.137. The summed E-state index contributed by atoms with van der Waals surface area (Å²) in [5.41, 5.74) is -0.687. The van der Waals surface area contributed by atoms with Gasteiger partial charge in [-0.3, -0.25) is 0 Å². The molecule has 1 aromatic heterocycles. The van der Waals surface area contributed by atoms with Gasteiger partial charge in [-0.15, -0.1) is 0 Å². The number of hydrogen-bond donors (Lipinski definition) is 0. The molecule has 0 aliphatic heterocycles. The molecule has 0 spiro atoms. The number of alkyl halides is 3. The van der Waals surface area contributed by atoms with Crippen molar-refractivity contribution in [2.45, 2.75) is 16.1 Å². The molecule has 0 aliphatic rings. The van der Waals surface area contributed by atoms with Crippen LogP contribution < -0.4 is 0 Å². The molecule has 0 unspecified atom stereocenters. The molecule has 0 radical (unpaired) electrons. The molecule has 0 N–H and O–H groups in total. The van der Waals surface area contributed by atoms with Crippen molar-refractivity contribution in [3.05, 3.63) is 47.4 Å². The summed E-state index contributed by atoms with van der Waals surface area (Å²) in [7, 11) is 0. The van der Waals surface area contributed by atoms with Gasteiger partial charge in [-0.05, 0) is 18.2 Å². The van der Waals surface area contributed by atoms with Crippen molar-refractivity contribution >= 4 is 23.4 Å². The Balaban J connectivity index is 2.25. The average Bonchev–Trinajstić information content (AvgIpc) is 2.28. The van der Waals surface area contributed by atoms with Crippen molar-refractivity contribution < 1.29 is 13.2 Å². The molecule has 2 aromatic rings. The number of rotatable bonds is 2. The summed E-state index contributed by atoms with van der Waals surface area (Å²) in [5, 5.41) is 0.744. The van der Waals surface area contributed by atoms with Crippen LogP contribution in [0.25, 0.3) is 0 Å². The minimum atomic E-state index is -4.35. The van der Waals surface area contributed by atoms with Gasteiger partial charge in [0, 0.05) is 11.0 Å². The maximum absolute atomic E-state index is 12.5. The Hall–Kier alpha value is -1.27. The van der Waals surface area contributed by atoms with Gasteiger partial charge in [0.2, 0.25) is 0 Å². The first-order valence-corrected chi connectivity index (χ1v) is 5.97. The maximum Gasteiger partial charge on any atom is 0.416 e. The minimum Gasteiger partial charge on any atom is -0.230 e. The van der Waals surface area contributed by atoms with Gasteiger partial charge in [-0.2, -0.15) is 13.2 Å². The van der Waals surface area contributed by atoms with Crippen LogP contribution in [0.2, 0.25) is 5.15 Å². The van der Waals surface area contributed by atoms with Crippen LogP contribution in [0, 0.1) is 0 Å². The van der Waals surface area contributed by atoms with Gasteiger partial charge in [0.05, 0.1) is 5.56 Å². The lowest BCUT2D eigenvalue weighted by atomic mass is 10.2. The molecule has 7 heteroatoms. The van der Waals surface area contributed by atoms with Crippen molar-refractivity contribution in [1.82, 2.24) is 9.97 Å². The van der Waals surface area contributed by atoms with E-state index in [-0.39, 0.29) is 5.15 Å². The van der Waals surface area contributed by atoms with Gasteiger partial charge in [-0.25, -0.2) is 9.97 Å². The summed E-state index contributed by atoms with van der Waals surface area (Å²) >= 11 is 6.77. The second kappa shape index (κ2) is 5.16. The summed E-state index contributed by atoms with van der Waals surface area (Å²) in [5.74, 6) is 0. The van der Waals surface area contributed by atoms with Crippen LogP contribution in [-0.2, 0) is 6.18 Å². The van der Waals surface area contributed by atoms with Gasteiger partial charge in [0.1, 0.15) is 16.5 Å². The lowest BCUT2D eigenvalue weighted by Crippen LogP contribution is -2.04. The summed E-state index contributed by atoms with van der Waals surface area (Å²) in [6.45, 7) is 0. The Morgan fingerprint density at radius 2 is 1.89 bits per heavy atom. The zero-order chi connectivity index (χ0) is 13.2. The van der Waals surface area contributed by atoms with Crippen LogP contribution in [0.1, 0.15) is 5.56 Å². The Kier molecular flexibility index (Phi) is 3.77. The van der Waals surface area contributed by atoms with E-state index < -0.39 is 11.7 Å². The number of nitrogens with zero attached hydrogens (tertiary/aromatic N) is 2. The van der Waals surface area contributed by atoms with E-state index in [2.05, 4.69) is 9.97 Å². The first-order chi connectivity index (χ1) is 8.45. The van der Waals surface area contributed by atoms with Crippen molar-refractivity contribution in [3.63, 3.8) is 0 Å². The minimum absolute atomic E-state index is 0.250. The summed E-state index contributed by atoms with van der Waals surface area (Å²) in [4.78, 5) is 8.06. The molecule has 0 aliphatic carbocycles. The molecule has 0 atom stereocenters. The van der Waals surface area contributed by atoms with E-state index in [1.165, 1.54) is 18.5 Å². The van der Waals surface area contributed by atoms with Gasteiger partial charge in [0.15, 0.2) is 0 Å². The summed E-state index contributed by atoms with van der Waals surface area (Å²) in [6, 6.07) is 6.52.